The number of H-pyrrole nitrogens is 1. The van der Waals surface area contributed by atoms with E-state index in [0.717, 1.165) is 10.4 Å². The molecule has 0 aliphatic heterocycles. The molecule has 0 radical (unpaired) electrons. The van der Waals surface area contributed by atoms with E-state index in [1.54, 1.807) is 6.20 Å². The zero-order valence-electron chi connectivity index (χ0n) is 8.78. The molecule has 1 N–H and O–H groups in total. The highest BCUT2D eigenvalue weighted by Gasteiger charge is 2.02. The van der Waals surface area contributed by atoms with E-state index in [1.807, 2.05) is 0 Å². The lowest BCUT2D eigenvalue weighted by Gasteiger charge is -2.05. The minimum Gasteiger partial charge on any atom is -0.319 e. The van der Waals surface area contributed by atoms with Crippen LogP contribution in [0.4, 0.5) is 0 Å². The molecule has 0 spiro atoms. The van der Waals surface area contributed by atoms with E-state index in [-0.39, 0.29) is 4.87 Å². The first-order valence-electron chi connectivity index (χ1n) is 4.95. The molecule has 0 amide bonds. The molecule has 2 rings (SSSR count). The Morgan fingerprint density at radius 2 is 1.87 bits per heavy atom. The summed E-state index contributed by atoms with van der Waals surface area (Å²) in [7, 11) is 0. The average molecular weight is 219 g/mol. The van der Waals surface area contributed by atoms with Gasteiger partial charge in [-0.05, 0) is 17.0 Å². The minimum atomic E-state index is -0.00191. The predicted molar refractivity (Wildman–Crippen MR) is 64.5 cm³/mol. The number of aromatic amines is 1. The van der Waals surface area contributed by atoms with Crippen LogP contribution in [0.25, 0.3) is 10.4 Å². The zero-order chi connectivity index (χ0) is 10.8. The molecule has 0 unspecified atom stereocenters. The fraction of sp³-hybridized carbons (Fsp3) is 0.250. The van der Waals surface area contributed by atoms with Crippen molar-refractivity contribution in [3.05, 3.63) is 45.7 Å². The van der Waals surface area contributed by atoms with Gasteiger partial charge in [-0.2, -0.15) is 0 Å². The van der Waals surface area contributed by atoms with Gasteiger partial charge in [-0.25, -0.2) is 0 Å². The van der Waals surface area contributed by atoms with Crippen molar-refractivity contribution in [2.45, 2.75) is 19.8 Å². The van der Waals surface area contributed by atoms with Gasteiger partial charge in [0.15, 0.2) is 0 Å². The second-order valence-electron chi connectivity index (χ2n) is 3.82. The van der Waals surface area contributed by atoms with Gasteiger partial charge in [0.25, 0.3) is 0 Å². The lowest BCUT2D eigenvalue weighted by molar-refractivity contribution is 0.867. The Labute approximate surface area is 92.6 Å². The maximum atomic E-state index is 11.0. The summed E-state index contributed by atoms with van der Waals surface area (Å²) < 4.78 is 0. The third-order valence-electron chi connectivity index (χ3n) is 2.39. The third-order valence-corrected chi connectivity index (χ3v) is 3.26. The Morgan fingerprint density at radius 3 is 2.33 bits per heavy atom. The van der Waals surface area contributed by atoms with Crippen LogP contribution in [0.3, 0.4) is 0 Å². The number of thiazole rings is 1. The summed E-state index contributed by atoms with van der Waals surface area (Å²) in [5.41, 5.74) is 2.42. The average Bonchev–Trinajstić information content (AvgIpc) is 2.65. The van der Waals surface area contributed by atoms with Gasteiger partial charge in [-0.1, -0.05) is 49.4 Å². The van der Waals surface area contributed by atoms with Gasteiger partial charge in [0, 0.05) is 6.20 Å². The molecule has 2 nitrogen and oxygen atoms in total. The van der Waals surface area contributed by atoms with Crippen LogP contribution in [0, 0.1) is 0 Å². The van der Waals surface area contributed by atoms with Gasteiger partial charge >= 0.3 is 4.87 Å². The Kier molecular flexibility index (Phi) is 2.73. The Bertz CT molecular complexity index is 493. The van der Waals surface area contributed by atoms with Crippen molar-refractivity contribution in [1.82, 2.24) is 4.98 Å². The van der Waals surface area contributed by atoms with E-state index in [0.29, 0.717) is 5.92 Å². The molecule has 3 heteroatoms. The first-order chi connectivity index (χ1) is 7.16. The van der Waals surface area contributed by atoms with Crippen LogP contribution in [0.2, 0.25) is 0 Å². The quantitative estimate of drug-likeness (QED) is 0.826. The first kappa shape index (κ1) is 10.2. The Balaban J connectivity index is 2.35. The van der Waals surface area contributed by atoms with Crippen LogP contribution < -0.4 is 4.87 Å². The normalized spacial score (nSPS) is 10.9. The summed E-state index contributed by atoms with van der Waals surface area (Å²) in [5.74, 6) is 0.545. The fourth-order valence-electron chi connectivity index (χ4n) is 1.46. The van der Waals surface area contributed by atoms with Crippen molar-refractivity contribution in [3.8, 4) is 10.4 Å². The molecule has 15 heavy (non-hydrogen) atoms. The smallest absolute Gasteiger partial charge is 0.305 e. The largest absolute Gasteiger partial charge is 0.319 e. The summed E-state index contributed by atoms with van der Waals surface area (Å²) in [6.07, 6.45) is 1.76. The standard InChI is InChI=1S/C12H13NOS/c1-8(2)9-3-5-10(6-4-9)11-7-13-12(14)15-11/h3-8H,1-2H3,(H,13,14). The number of nitrogens with one attached hydrogen (secondary N) is 1. The van der Waals surface area contributed by atoms with Gasteiger partial charge in [0.05, 0.1) is 4.88 Å². The van der Waals surface area contributed by atoms with Crippen molar-refractivity contribution in [2.24, 2.45) is 0 Å². The molecular weight excluding hydrogens is 206 g/mol. The lowest BCUT2D eigenvalue weighted by atomic mass is 10.0. The van der Waals surface area contributed by atoms with E-state index in [9.17, 15) is 4.79 Å². The van der Waals surface area contributed by atoms with Crippen LogP contribution in [0.1, 0.15) is 25.3 Å². The van der Waals surface area contributed by atoms with Gasteiger partial charge in [-0.15, -0.1) is 0 Å². The van der Waals surface area contributed by atoms with E-state index in [1.165, 1.54) is 16.9 Å². The van der Waals surface area contributed by atoms with E-state index < -0.39 is 0 Å². The van der Waals surface area contributed by atoms with Crippen molar-refractivity contribution in [1.29, 1.82) is 0 Å². The number of aromatic nitrogens is 1. The van der Waals surface area contributed by atoms with Crippen molar-refractivity contribution >= 4 is 11.3 Å². The summed E-state index contributed by atoms with van der Waals surface area (Å²) in [6, 6.07) is 8.36. The highest BCUT2D eigenvalue weighted by atomic mass is 32.1. The molecule has 1 heterocycles. The Morgan fingerprint density at radius 1 is 1.20 bits per heavy atom. The topological polar surface area (TPSA) is 32.9 Å². The van der Waals surface area contributed by atoms with E-state index >= 15 is 0 Å². The van der Waals surface area contributed by atoms with Crippen molar-refractivity contribution < 1.29 is 0 Å². The van der Waals surface area contributed by atoms with Crippen LogP contribution in [0.15, 0.2) is 35.3 Å². The molecule has 0 bridgehead atoms. The molecule has 0 aliphatic rings. The molecular formula is C12H13NOS. The van der Waals surface area contributed by atoms with Gasteiger partial charge < -0.3 is 4.98 Å². The van der Waals surface area contributed by atoms with Crippen LogP contribution in [-0.4, -0.2) is 4.98 Å². The van der Waals surface area contributed by atoms with E-state index in [2.05, 4.69) is 43.1 Å². The molecule has 78 valence electrons. The first-order valence-corrected chi connectivity index (χ1v) is 5.77. The van der Waals surface area contributed by atoms with Crippen molar-refractivity contribution in [3.63, 3.8) is 0 Å². The molecule has 2 aromatic rings. The summed E-state index contributed by atoms with van der Waals surface area (Å²) in [5, 5.41) is 0. The zero-order valence-corrected chi connectivity index (χ0v) is 9.60. The van der Waals surface area contributed by atoms with Crippen LogP contribution in [-0.2, 0) is 0 Å². The Hall–Kier alpha value is -1.35. The van der Waals surface area contributed by atoms with Crippen LogP contribution >= 0.6 is 11.3 Å². The van der Waals surface area contributed by atoms with Gasteiger partial charge in [0.2, 0.25) is 0 Å². The number of benzene rings is 1. The number of hydrogen-bond donors (Lipinski definition) is 1. The second kappa shape index (κ2) is 4.03. The monoisotopic (exact) mass is 219 g/mol. The molecule has 0 saturated heterocycles. The number of rotatable bonds is 2. The van der Waals surface area contributed by atoms with E-state index in [4.69, 9.17) is 0 Å². The predicted octanol–water partition coefficient (Wildman–Crippen LogP) is 3.23. The molecule has 1 aromatic heterocycles. The molecule has 0 aliphatic carbocycles. The highest BCUT2D eigenvalue weighted by Crippen LogP contribution is 2.23. The van der Waals surface area contributed by atoms with Gasteiger partial charge in [0.1, 0.15) is 0 Å². The molecule has 0 atom stereocenters. The summed E-state index contributed by atoms with van der Waals surface area (Å²) >= 11 is 1.24. The SMILES string of the molecule is CC(C)c1ccc(-c2c[nH]c(=O)s2)cc1. The number of hydrogen-bond acceptors (Lipinski definition) is 2. The van der Waals surface area contributed by atoms with Gasteiger partial charge in [-0.3, -0.25) is 4.79 Å². The van der Waals surface area contributed by atoms with Crippen molar-refractivity contribution in [2.75, 3.05) is 0 Å². The second-order valence-corrected chi connectivity index (χ2v) is 4.83. The molecule has 1 aromatic carbocycles. The third kappa shape index (κ3) is 2.18. The molecule has 0 fully saturated rings. The highest BCUT2D eigenvalue weighted by molar-refractivity contribution is 7.12. The fourth-order valence-corrected chi connectivity index (χ4v) is 2.15. The minimum absolute atomic E-state index is 0.00191. The maximum Gasteiger partial charge on any atom is 0.305 e. The summed E-state index contributed by atoms with van der Waals surface area (Å²) in [6.45, 7) is 4.34. The lowest BCUT2D eigenvalue weighted by Crippen LogP contribution is -1.88. The van der Waals surface area contributed by atoms with Crippen LogP contribution in [0.5, 0.6) is 0 Å². The maximum absolute atomic E-state index is 11.0. The molecule has 0 saturated carbocycles. The summed E-state index contributed by atoms with van der Waals surface area (Å²) in [4.78, 5) is 14.7.